The van der Waals surface area contributed by atoms with Gasteiger partial charge < -0.3 is 5.73 Å². The first kappa shape index (κ1) is 9.93. The molecule has 0 amide bonds. The van der Waals surface area contributed by atoms with E-state index >= 15 is 0 Å². The van der Waals surface area contributed by atoms with Crippen molar-refractivity contribution in [2.24, 2.45) is 17.8 Å². The van der Waals surface area contributed by atoms with Crippen LogP contribution >= 0.6 is 0 Å². The van der Waals surface area contributed by atoms with Gasteiger partial charge in [0, 0.05) is 6.20 Å². The zero-order chi connectivity index (χ0) is 11.5. The molecule has 17 heavy (non-hydrogen) atoms. The van der Waals surface area contributed by atoms with Gasteiger partial charge in [-0.05, 0) is 73.3 Å². The Morgan fingerprint density at radius 2 is 1.65 bits per heavy atom. The van der Waals surface area contributed by atoms with Gasteiger partial charge in [0.05, 0.1) is 11.9 Å². The zero-order valence-corrected chi connectivity index (χ0v) is 10.2. The molecule has 4 bridgehead atoms. The van der Waals surface area contributed by atoms with Crippen LogP contribution in [0.5, 0.6) is 0 Å². The third kappa shape index (κ3) is 1.36. The average Bonchev–Trinajstić information content (AvgIpc) is 2.27. The highest BCUT2D eigenvalue weighted by Crippen LogP contribution is 2.61. The second kappa shape index (κ2) is 3.24. The van der Waals surface area contributed by atoms with E-state index in [2.05, 4.69) is 11.1 Å². The molecular formula is C15H20N2. The largest absolute Gasteiger partial charge is 0.397 e. The molecule has 0 saturated heterocycles. The Labute approximate surface area is 103 Å². The van der Waals surface area contributed by atoms with E-state index in [4.69, 9.17) is 5.73 Å². The van der Waals surface area contributed by atoms with E-state index in [-0.39, 0.29) is 0 Å². The van der Waals surface area contributed by atoms with E-state index < -0.39 is 0 Å². The van der Waals surface area contributed by atoms with Crippen LogP contribution in [-0.4, -0.2) is 4.98 Å². The van der Waals surface area contributed by atoms with Crippen LogP contribution in [0.2, 0.25) is 0 Å². The molecule has 0 atom stereocenters. The molecule has 0 aromatic carbocycles. The van der Waals surface area contributed by atoms with Crippen molar-refractivity contribution < 1.29 is 0 Å². The molecule has 4 aliphatic rings. The lowest BCUT2D eigenvalue weighted by Gasteiger charge is -2.57. The Morgan fingerprint density at radius 3 is 2.18 bits per heavy atom. The molecule has 0 aliphatic heterocycles. The topological polar surface area (TPSA) is 38.9 Å². The van der Waals surface area contributed by atoms with Gasteiger partial charge in [0.2, 0.25) is 0 Å². The maximum atomic E-state index is 6.18. The van der Waals surface area contributed by atoms with Crippen molar-refractivity contribution in [2.75, 3.05) is 5.73 Å². The summed E-state index contributed by atoms with van der Waals surface area (Å²) in [6.45, 7) is 0. The highest BCUT2D eigenvalue weighted by molar-refractivity contribution is 5.49. The van der Waals surface area contributed by atoms with Crippen molar-refractivity contribution in [1.29, 1.82) is 0 Å². The van der Waals surface area contributed by atoms with Gasteiger partial charge in [-0.1, -0.05) is 0 Å². The zero-order valence-electron chi connectivity index (χ0n) is 10.2. The fraction of sp³-hybridized carbons (Fsp3) is 0.667. The van der Waals surface area contributed by atoms with Crippen LogP contribution in [0.15, 0.2) is 18.5 Å². The molecule has 0 unspecified atom stereocenters. The number of pyridine rings is 1. The number of nitrogens with zero attached hydrogens (tertiary/aromatic N) is 1. The molecular weight excluding hydrogens is 208 g/mol. The van der Waals surface area contributed by atoms with Crippen LogP contribution in [-0.2, 0) is 5.41 Å². The first-order chi connectivity index (χ1) is 8.25. The van der Waals surface area contributed by atoms with Crippen molar-refractivity contribution in [3.05, 3.63) is 24.0 Å². The highest BCUT2D eigenvalue weighted by Gasteiger charge is 2.52. The second-order valence-corrected chi connectivity index (χ2v) is 6.66. The van der Waals surface area contributed by atoms with Gasteiger partial charge in [-0.15, -0.1) is 0 Å². The molecule has 1 aromatic rings. The van der Waals surface area contributed by atoms with Crippen LogP contribution < -0.4 is 5.73 Å². The molecule has 0 radical (unpaired) electrons. The van der Waals surface area contributed by atoms with Crippen molar-refractivity contribution in [3.8, 4) is 0 Å². The molecule has 4 fully saturated rings. The fourth-order valence-corrected chi connectivity index (χ4v) is 5.33. The second-order valence-electron chi connectivity index (χ2n) is 6.66. The van der Waals surface area contributed by atoms with Crippen molar-refractivity contribution >= 4 is 5.69 Å². The van der Waals surface area contributed by atoms with Crippen LogP contribution in [0.25, 0.3) is 0 Å². The molecule has 2 heteroatoms. The maximum absolute atomic E-state index is 6.18. The van der Waals surface area contributed by atoms with Crippen molar-refractivity contribution in [1.82, 2.24) is 4.98 Å². The van der Waals surface area contributed by atoms with Crippen molar-refractivity contribution in [3.63, 3.8) is 0 Å². The molecule has 2 nitrogen and oxygen atoms in total. The SMILES string of the molecule is Nc1cnccc1C12CC3CC(CC(C3)C1)C2. The van der Waals surface area contributed by atoms with Crippen LogP contribution in [0, 0.1) is 17.8 Å². The molecule has 2 N–H and O–H groups in total. The Balaban J connectivity index is 1.80. The summed E-state index contributed by atoms with van der Waals surface area (Å²) in [4.78, 5) is 4.15. The van der Waals surface area contributed by atoms with Crippen molar-refractivity contribution in [2.45, 2.75) is 43.9 Å². The van der Waals surface area contributed by atoms with E-state index in [1.807, 2.05) is 12.4 Å². The fourth-order valence-electron chi connectivity index (χ4n) is 5.33. The quantitative estimate of drug-likeness (QED) is 0.802. The molecule has 4 aliphatic carbocycles. The monoisotopic (exact) mass is 228 g/mol. The molecule has 4 saturated carbocycles. The summed E-state index contributed by atoms with van der Waals surface area (Å²) in [5, 5.41) is 0. The lowest BCUT2D eigenvalue weighted by molar-refractivity contribution is -0.00486. The number of nitrogen functional groups attached to an aromatic ring is 1. The van der Waals surface area contributed by atoms with Gasteiger partial charge in [-0.2, -0.15) is 0 Å². The van der Waals surface area contributed by atoms with Crippen LogP contribution in [0.4, 0.5) is 5.69 Å². The number of nitrogens with two attached hydrogens (primary N) is 1. The molecule has 5 rings (SSSR count). The Kier molecular flexibility index (Phi) is 1.89. The summed E-state index contributed by atoms with van der Waals surface area (Å²) in [7, 11) is 0. The standard InChI is InChI=1S/C15H20N2/c16-14-9-17-2-1-13(14)15-6-10-3-11(7-15)5-12(4-10)8-15/h1-2,9-12H,3-8,16H2. The molecule has 90 valence electrons. The van der Waals surface area contributed by atoms with Gasteiger partial charge >= 0.3 is 0 Å². The third-order valence-corrected chi connectivity index (χ3v) is 5.46. The van der Waals surface area contributed by atoms with Gasteiger partial charge in [-0.25, -0.2) is 0 Å². The number of hydrogen-bond acceptors (Lipinski definition) is 2. The summed E-state index contributed by atoms with van der Waals surface area (Å²) in [6.07, 6.45) is 12.4. The summed E-state index contributed by atoms with van der Waals surface area (Å²) >= 11 is 0. The molecule has 1 aromatic heterocycles. The van der Waals surface area contributed by atoms with E-state index in [1.165, 1.54) is 44.1 Å². The van der Waals surface area contributed by atoms with Gasteiger partial charge in [-0.3, -0.25) is 4.98 Å². The number of aromatic nitrogens is 1. The van der Waals surface area contributed by atoms with Crippen LogP contribution in [0.1, 0.15) is 44.1 Å². The average molecular weight is 228 g/mol. The predicted octanol–water partition coefficient (Wildman–Crippen LogP) is 3.13. The highest BCUT2D eigenvalue weighted by atomic mass is 14.7. The lowest BCUT2D eigenvalue weighted by Crippen LogP contribution is -2.48. The Hall–Kier alpha value is -1.05. The third-order valence-electron chi connectivity index (χ3n) is 5.46. The van der Waals surface area contributed by atoms with Crippen LogP contribution in [0.3, 0.4) is 0 Å². The number of anilines is 1. The summed E-state index contributed by atoms with van der Waals surface area (Å²) in [6, 6.07) is 2.18. The summed E-state index contributed by atoms with van der Waals surface area (Å²) in [5.74, 6) is 2.94. The Morgan fingerprint density at radius 1 is 1.06 bits per heavy atom. The van der Waals surface area contributed by atoms with E-state index in [0.29, 0.717) is 5.41 Å². The smallest absolute Gasteiger partial charge is 0.0538 e. The molecule has 0 spiro atoms. The first-order valence-electron chi connectivity index (χ1n) is 6.95. The lowest BCUT2D eigenvalue weighted by atomic mass is 9.48. The van der Waals surface area contributed by atoms with E-state index in [0.717, 1.165) is 23.4 Å². The minimum Gasteiger partial charge on any atom is -0.397 e. The minimum atomic E-state index is 0.418. The van der Waals surface area contributed by atoms with E-state index in [9.17, 15) is 0 Å². The predicted molar refractivity (Wildman–Crippen MR) is 68.5 cm³/mol. The normalized spacial score (nSPS) is 42.9. The van der Waals surface area contributed by atoms with Gasteiger partial charge in [0.15, 0.2) is 0 Å². The van der Waals surface area contributed by atoms with Gasteiger partial charge in [0.1, 0.15) is 0 Å². The summed E-state index contributed by atoms with van der Waals surface area (Å²) in [5.41, 5.74) is 8.93. The van der Waals surface area contributed by atoms with Gasteiger partial charge in [0.25, 0.3) is 0 Å². The molecule has 1 heterocycles. The number of rotatable bonds is 1. The Bertz CT molecular complexity index is 417. The maximum Gasteiger partial charge on any atom is 0.0538 e. The summed E-state index contributed by atoms with van der Waals surface area (Å²) < 4.78 is 0. The first-order valence-corrected chi connectivity index (χ1v) is 6.95. The minimum absolute atomic E-state index is 0.418. The number of hydrogen-bond donors (Lipinski definition) is 1. The van der Waals surface area contributed by atoms with E-state index in [1.54, 1.807) is 0 Å².